The Morgan fingerprint density at radius 3 is 2.30 bits per heavy atom. The summed E-state index contributed by atoms with van der Waals surface area (Å²) in [7, 11) is 0. The van der Waals surface area contributed by atoms with Crippen LogP contribution in [0.3, 0.4) is 0 Å². The Kier molecular flexibility index (Phi) is 6.23. The lowest BCUT2D eigenvalue weighted by Gasteiger charge is -2.22. The van der Waals surface area contributed by atoms with Gasteiger partial charge in [-0.25, -0.2) is 23.1 Å². The summed E-state index contributed by atoms with van der Waals surface area (Å²) in [6, 6.07) is 8.99. The zero-order chi connectivity index (χ0) is 23.8. The molecule has 4 aromatic rings. The van der Waals surface area contributed by atoms with Gasteiger partial charge in [0.2, 0.25) is 0 Å². The molecule has 0 aliphatic carbocycles. The number of nitrogens with zero attached hydrogens (tertiary/aromatic N) is 3. The summed E-state index contributed by atoms with van der Waals surface area (Å²) in [6.45, 7) is 3.16. The highest BCUT2D eigenvalue weighted by Gasteiger charge is 2.27. The highest BCUT2D eigenvalue weighted by atomic mass is 35.5. The predicted octanol–water partition coefficient (Wildman–Crippen LogP) is 6.13. The van der Waals surface area contributed by atoms with Crippen molar-refractivity contribution in [3.05, 3.63) is 83.3 Å². The van der Waals surface area contributed by atoms with Gasteiger partial charge in [-0.2, -0.15) is 0 Å². The molecular formula is C24H20ClF3N4O. The van der Waals surface area contributed by atoms with Gasteiger partial charge in [-0.05, 0) is 37.6 Å². The van der Waals surface area contributed by atoms with Crippen LogP contribution in [0.25, 0.3) is 22.0 Å². The molecule has 5 nitrogen and oxygen atoms in total. The summed E-state index contributed by atoms with van der Waals surface area (Å²) in [5.41, 5.74) is 0.715. The second-order valence-corrected chi connectivity index (χ2v) is 8.45. The number of alkyl halides is 2. The average Bonchev–Trinajstić information content (AvgIpc) is 2.78. The lowest BCUT2D eigenvalue weighted by Crippen LogP contribution is -2.20. The zero-order valence-electron chi connectivity index (χ0n) is 17.7. The maximum absolute atomic E-state index is 14.3. The van der Waals surface area contributed by atoms with Gasteiger partial charge in [0, 0.05) is 35.1 Å². The Hall–Kier alpha value is -3.23. The summed E-state index contributed by atoms with van der Waals surface area (Å²) in [4.78, 5) is 12.7. The Morgan fingerprint density at radius 1 is 0.970 bits per heavy atom. The van der Waals surface area contributed by atoms with Gasteiger partial charge in [0.1, 0.15) is 17.5 Å². The zero-order valence-corrected chi connectivity index (χ0v) is 18.5. The van der Waals surface area contributed by atoms with Gasteiger partial charge in [-0.3, -0.25) is 4.98 Å². The van der Waals surface area contributed by atoms with Gasteiger partial charge in [-0.1, -0.05) is 35.9 Å². The molecule has 2 heterocycles. The normalized spacial score (nSPS) is 12.8. The molecule has 0 amide bonds. The minimum Gasteiger partial charge on any atom is -0.382 e. The summed E-state index contributed by atoms with van der Waals surface area (Å²) < 4.78 is 42.1. The number of hydrogen-bond acceptors (Lipinski definition) is 5. The molecule has 1 unspecified atom stereocenters. The van der Waals surface area contributed by atoms with Crippen LogP contribution in [0.2, 0.25) is 5.02 Å². The van der Waals surface area contributed by atoms with Gasteiger partial charge < -0.3 is 10.4 Å². The van der Waals surface area contributed by atoms with Gasteiger partial charge in [0.05, 0.1) is 16.2 Å². The van der Waals surface area contributed by atoms with Crippen molar-refractivity contribution in [2.45, 2.75) is 31.9 Å². The van der Waals surface area contributed by atoms with Gasteiger partial charge in [0.15, 0.2) is 5.82 Å². The van der Waals surface area contributed by atoms with Crippen LogP contribution in [0.1, 0.15) is 31.3 Å². The maximum atomic E-state index is 14.3. The molecule has 2 aromatic carbocycles. The van der Waals surface area contributed by atoms with Crippen LogP contribution in [-0.4, -0.2) is 26.5 Å². The van der Waals surface area contributed by atoms with Crippen LogP contribution in [-0.2, 0) is 5.60 Å². The maximum Gasteiger partial charge on any atom is 0.262 e. The Morgan fingerprint density at radius 2 is 1.67 bits per heavy atom. The molecule has 0 aliphatic heterocycles. The number of rotatable bonds is 6. The van der Waals surface area contributed by atoms with Crippen LogP contribution in [0, 0.1) is 5.82 Å². The lowest BCUT2D eigenvalue weighted by atomic mass is 10.0. The van der Waals surface area contributed by atoms with Crippen molar-refractivity contribution in [2.75, 3.05) is 5.32 Å². The third kappa shape index (κ3) is 4.77. The molecule has 0 aliphatic rings. The van der Waals surface area contributed by atoms with E-state index in [4.69, 9.17) is 11.6 Å². The number of nitrogens with one attached hydrogen (secondary N) is 1. The van der Waals surface area contributed by atoms with E-state index >= 15 is 0 Å². The Balaban J connectivity index is 1.79. The van der Waals surface area contributed by atoms with Gasteiger partial charge >= 0.3 is 0 Å². The molecule has 2 aromatic heterocycles. The van der Waals surface area contributed by atoms with E-state index in [9.17, 15) is 18.3 Å². The fraction of sp³-hybridized carbons (Fsp3) is 0.208. The number of hydrogen-bond donors (Lipinski definition) is 2. The van der Waals surface area contributed by atoms with E-state index in [0.29, 0.717) is 22.0 Å². The molecule has 0 saturated heterocycles. The van der Waals surface area contributed by atoms with Crippen molar-refractivity contribution in [1.29, 1.82) is 0 Å². The first kappa shape index (κ1) is 22.9. The van der Waals surface area contributed by atoms with Gasteiger partial charge in [0.25, 0.3) is 6.43 Å². The van der Waals surface area contributed by atoms with Crippen molar-refractivity contribution in [2.24, 2.45) is 0 Å². The van der Waals surface area contributed by atoms with Crippen LogP contribution >= 0.6 is 11.6 Å². The Bertz CT molecular complexity index is 1290. The number of halogens is 4. The van der Waals surface area contributed by atoms with E-state index in [-0.39, 0.29) is 22.1 Å². The van der Waals surface area contributed by atoms with E-state index in [2.05, 4.69) is 20.3 Å². The molecule has 33 heavy (non-hydrogen) atoms. The van der Waals surface area contributed by atoms with Crippen molar-refractivity contribution >= 4 is 28.2 Å². The minimum atomic E-state index is -2.90. The second-order valence-electron chi connectivity index (χ2n) is 8.05. The number of fused-ring (bicyclic) bond motifs is 1. The second kappa shape index (κ2) is 8.96. The molecule has 0 bridgehead atoms. The molecule has 0 spiro atoms. The third-order valence-corrected chi connectivity index (χ3v) is 5.43. The summed E-state index contributed by atoms with van der Waals surface area (Å²) in [6.07, 6.45) is 1.59. The largest absolute Gasteiger partial charge is 0.382 e. The highest BCUT2D eigenvalue weighted by molar-refractivity contribution is 6.34. The molecular weight excluding hydrogens is 453 g/mol. The van der Waals surface area contributed by atoms with Crippen molar-refractivity contribution in [3.63, 3.8) is 0 Å². The van der Waals surface area contributed by atoms with Gasteiger partial charge in [-0.15, -0.1) is 0 Å². The molecule has 1 atom stereocenters. The number of benzene rings is 2. The molecule has 0 radical (unpaired) electrons. The molecule has 9 heteroatoms. The van der Waals surface area contributed by atoms with E-state index < -0.39 is 23.9 Å². The first-order valence-electron chi connectivity index (χ1n) is 10.1. The molecule has 0 fully saturated rings. The molecule has 0 saturated carbocycles. The monoisotopic (exact) mass is 472 g/mol. The number of aromatic nitrogens is 3. The highest BCUT2D eigenvalue weighted by Crippen LogP contribution is 2.37. The van der Waals surface area contributed by atoms with E-state index in [1.807, 2.05) is 0 Å². The summed E-state index contributed by atoms with van der Waals surface area (Å²) in [5.74, 6) is -0.474. The first-order valence-corrected chi connectivity index (χ1v) is 10.5. The number of anilines is 1. The smallest absolute Gasteiger partial charge is 0.262 e. The van der Waals surface area contributed by atoms with Crippen molar-refractivity contribution in [3.8, 4) is 11.1 Å². The lowest BCUT2D eigenvalue weighted by molar-refractivity contribution is 0.0687. The molecule has 4 rings (SSSR count). The quantitative estimate of drug-likeness (QED) is 0.353. The minimum absolute atomic E-state index is 0.121. The van der Waals surface area contributed by atoms with Crippen LogP contribution in [0.4, 0.5) is 18.9 Å². The predicted molar refractivity (Wildman–Crippen MR) is 122 cm³/mol. The molecule has 2 N–H and O–H groups in total. The van der Waals surface area contributed by atoms with Crippen molar-refractivity contribution in [1.82, 2.24) is 15.0 Å². The van der Waals surface area contributed by atoms with E-state index in [1.165, 1.54) is 24.4 Å². The van der Waals surface area contributed by atoms with Crippen LogP contribution in [0.5, 0.6) is 0 Å². The summed E-state index contributed by atoms with van der Waals surface area (Å²) in [5, 5.41) is 13.4. The van der Waals surface area contributed by atoms with Crippen LogP contribution in [0.15, 0.2) is 61.1 Å². The van der Waals surface area contributed by atoms with Crippen molar-refractivity contribution < 1.29 is 18.3 Å². The fourth-order valence-corrected chi connectivity index (χ4v) is 3.65. The van der Waals surface area contributed by atoms with Crippen LogP contribution < -0.4 is 5.32 Å². The van der Waals surface area contributed by atoms with E-state index in [1.54, 1.807) is 44.4 Å². The number of pyridine rings is 1. The van der Waals surface area contributed by atoms with E-state index in [0.717, 1.165) is 6.07 Å². The molecule has 170 valence electrons. The average molecular weight is 473 g/mol. The first-order chi connectivity index (χ1) is 15.6. The Labute approximate surface area is 193 Å². The SMILES string of the molecule is CC(C)(O)c1ncc(-c2ccc3ncc(Cl)c(NC(c4ccccc4F)C(F)F)c3c2)cn1. The number of aliphatic hydroxyl groups is 1. The topological polar surface area (TPSA) is 70.9 Å². The standard InChI is InChI=1S/C24H20ClF3N4O/c1-24(2,33)23-30-10-14(11-31-23)13-7-8-19-16(9-13)20(17(25)12-29-19)32-21(22(27)28)15-5-3-4-6-18(15)26/h3-12,21-22,33H,1-2H3,(H,29,32). The fourth-order valence-electron chi connectivity index (χ4n) is 3.45. The third-order valence-electron chi connectivity index (χ3n) is 5.15. The summed E-state index contributed by atoms with van der Waals surface area (Å²) >= 11 is 6.33.